The van der Waals surface area contributed by atoms with Crippen LogP contribution in [0, 0.1) is 5.92 Å². The Morgan fingerprint density at radius 1 is 1.31 bits per heavy atom. The fraction of sp³-hybridized carbons (Fsp3) is 0.900. The van der Waals surface area contributed by atoms with E-state index in [9.17, 15) is 13.2 Å². The number of hydrogen-bond acceptors (Lipinski definition) is 4. The summed E-state index contributed by atoms with van der Waals surface area (Å²) in [6.45, 7) is 4.65. The van der Waals surface area contributed by atoms with Crippen LogP contribution in [0.3, 0.4) is 0 Å². The molecule has 0 aliphatic carbocycles. The number of sulfonamides is 1. The van der Waals surface area contributed by atoms with Gasteiger partial charge >= 0.3 is 5.97 Å². The lowest BCUT2D eigenvalue weighted by Gasteiger charge is -2.29. The van der Waals surface area contributed by atoms with Gasteiger partial charge in [0.2, 0.25) is 10.0 Å². The van der Waals surface area contributed by atoms with Crippen molar-refractivity contribution in [3.8, 4) is 0 Å². The molecule has 0 N–H and O–H groups in total. The Bertz CT molecular complexity index is 331. The van der Waals surface area contributed by atoms with E-state index in [2.05, 4.69) is 0 Å². The molecule has 0 amide bonds. The minimum absolute atomic E-state index is 0.122. The van der Waals surface area contributed by atoms with Crippen LogP contribution >= 0.6 is 0 Å². The van der Waals surface area contributed by atoms with Crippen LogP contribution in [0.15, 0.2) is 0 Å². The molecule has 16 heavy (non-hydrogen) atoms. The fourth-order valence-electron chi connectivity index (χ4n) is 1.81. The second-order valence-corrected chi connectivity index (χ2v) is 6.08. The molecule has 0 spiro atoms. The standard InChI is InChI=1S/C10H19NO4S/c1-3-15-10(12)9-5-7-11(8-6-9)16(13,14)4-2/h9H,3-8H2,1-2H3. The minimum Gasteiger partial charge on any atom is -0.466 e. The molecule has 94 valence electrons. The van der Waals surface area contributed by atoms with Gasteiger partial charge in [-0.3, -0.25) is 4.79 Å². The van der Waals surface area contributed by atoms with E-state index in [-0.39, 0.29) is 17.6 Å². The molecule has 0 aromatic carbocycles. The van der Waals surface area contributed by atoms with Crippen molar-refractivity contribution in [3.63, 3.8) is 0 Å². The molecule has 0 aromatic heterocycles. The third kappa shape index (κ3) is 3.18. The first kappa shape index (κ1) is 13.4. The van der Waals surface area contributed by atoms with Gasteiger partial charge in [-0.15, -0.1) is 0 Å². The molecule has 0 unspecified atom stereocenters. The number of hydrogen-bond donors (Lipinski definition) is 0. The predicted octanol–water partition coefficient (Wildman–Crippen LogP) is 0.611. The average Bonchev–Trinajstić information content (AvgIpc) is 2.29. The Labute approximate surface area is 96.8 Å². The molecule has 1 fully saturated rings. The van der Waals surface area contributed by atoms with Gasteiger partial charge < -0.3 is 4.74 Å². The quantitative estimate of drug-likeness (QED) is 0.685. The Morgan fingerprint density at radius 3 is 2.31 bits per heavy atom. The summed E-state index contributed by atoms with van der Waals surface area (Å²) in [6.07, 6.45) is 1.14. The number of rotatable bonds is 4. The molecule has 1 heterocycles. The highest BCUT2D eigenvalue weighted by atomic mass is 32.2. The maximum Gasteiger partial charge on any atom is 0.309 e. The monoisotopic (exact) mass is 249 g/mol. The number of carbonyl (C=O) groups excluding carboxylic acids is 1. The summed E-state index contributed by atoms with van der Waals surface area (Å²) in [6, 6.07) is 0. The Morgan fingerprint density at radius 2 is 1.88 bits per heavy atom. The molecule has 0 bridgehead atoms. The van der Waals surface area contributed by atoms with Gasteiger partial charge in [0.1, 0.15) is 0 Å². The lowest BCUT2D eigenvalue weighted by molar-refractivity contribution is -0.149. The van der Waals surface area contributed by atoms with Crippen LogP contribution in [-0.4, -0.2) is 44.1 Å². The smallest absolute Gasteiger partial charge is 0.309 e. The predicted molar refractivity (Wildman–Crippen MR) is 60.4 cm³/mol. The van der Waals surface area contributed by atoms with E-state index in [0.29, 0.717) is 32.5 Å². The molecule has 0 atom stereocenters. The Balaban J connectivity index is 2.49. The average molecular weight is 249 g/mol. The molecule has 1 rings (SSSR count). The van der Waals surface area contributed by atoms with Crippen LogP contribution in [-0.2, 0) is 19.6 Å². The number of nitrogens with zero attached hydrogens (tertiary/aromatic N) is 1. The summed E-state index contributed by atoms with van der Waals surface area (Å²) >= 11 is 0. The number of ether oxygens (including phenoxy) is 1. The first-order valence-electron chi connectivity index (χ1n) is 5.65. The highest BCUT2D eigenvalue weighted by molar-refractivity contribution is 7.89. The first-order valence-corrected chi connectivity index (χ1v) is 7.26. The SMILES string of the molecule is CCOC(=O)C1CCN(S(=O)(=O)CC)CC1. The second-order valence-electron chi connectivity index (χ2n) is 3.83. The van der Waals surface area contributed by atoms with Gasteiger partial charge in [-0.25, -0.2) is 12.7 Å². The minimum atomic E-state index is -3.10. The van der Waals surface area contributed by atoms with Crippen LogP contribution in [0.4, 0.5) is 0 Å². The molecule has 0 radical (unpaired) electrons. The normalized spacial score (nSPS) is 19.6. The number of carbonyl (C=O) groups is 1. The van der Waals surface area contributed by atoms with Crippen LogP contribution < -0.4 is 0 Å². The second kappa shape index (κ2) is 5.63. The van der Waals surface area contributed by atoms with Crippen LogP contribution in [0.25, 0.3) is 0 Å². The van der Waals surface area contributed by atoms with Crippen molar-refractivity contribution in [1.82, 2.24) is 4.31 Å². The van der Waals surface area contributed by atoms with Crippen molar-refractivity contribution in [1.29, 1.82) is 0 Å². The molecule has 1 aliphatic rings. The fourth-order valence-corrected chi connectivity index (χ4v) is 2.94. The van der Waals surface area contributed by atoms with Crippen molar-refractivity contribution in [3.05, 3.63) is 0 Å². The summed E-state index contributed by atoms with van der Waals surface area (Å²) in [5.41, 5.74) is 0. The molecule has 5 nitrogen and oxygen atoms in total. The summed E-state index contributed by atoms with van der Waals surface area (Å²) in [4.78, 5) is 11.4. The van der Waals surface area contributed by atoms with E-state index >= 15 is 0 Å². The molecular weight excluding hydrogens is 230 g/mol. The van der Waals surface area contributed by atoms with Gasteiger partial charge in [0.15, 0.2) is 0 Å². The lowest BCUT2D eigenvalue weighted by atomic mass is 9.98. The van der Waals surface area contributed by atoms with E-state index in [1.807, 2.05) is 0 Å². The van der Waals surface area contributed by atoms with Gasteiger partial charge in [0.05, 0.1) is 18.3 Å². The first-order chi connectivity index (χ1) is 7.51. The molecule has 0 aromatic rings. The van der Waals surface area contributed by atoms with Crippen LogP contribution in [0.5, 0.6) is 0 Å². The third-order valence-corrected chi connectivity index (χ3v) is 4.71. The van der Waals surface area contributed by atoms with Crippen molar-refractivity contribution in [2.24, 2.45) is 5.92 Å². The zero-order chi connectivity index (χ0) is 12.2. The summed E-state index contributed by atoms with van der Waals surface area (Å²) < 4.78 is 29.5. The summed E-state index contributed by atoms with van der Waals surface area (Å²) in [5.74, 6) is -0.212. The Kier molecular flexibility index (Phi) is 4.73. The zero-order valence-electron chi connectivity index (χ0n) is 9.81. The molecule has 1 saturated heterocycles. The molecule has 0 saturated carbocycles. The van der Waals surface area contributed by atoms with E-state index in [0.717, 1.165) is 0 Å². The number of piperidine rings is 1. The van der Waals surface area contributed by atoms with Gasteiger partial charge in [-0.05, 0) is 26.7 Å². The molecule has 1 aliphatic heterocycles. The van der Waals surface area contributed by atoms with Gasteiger partial charge in [0.25, 0.3) is 0 Å². The Hall–Kier alpha value is -0.620. The van der Waals surface area contributed by atoms with E-state index in [1.165, 1.54) is 4.31 Å². The van der Waals surface area contributed by atoms with Gasteiger partial charge in [0, 0.05) is 13.1 Å². The van der Waals surface area contributed by atoms with E-state index in [4.69, 9.17) is 4.74 Å². The topological polar surface area (TPSA) is 63.7 Å². The highest BCUT2D eigenvalue weighted by Gasteiger charge is 2.30. The van der Waals surface area contributed by atoms with Crippen molar-refractivity contribution in [2.75, 3.05) is 25.4 Å². The van der Waals surface area contributed by atoms with Crippen LogP contribution in [0.2, 0.25) is 0 Å². The lowest BCUT2D eigenvalue weighted by Crippen LogP contribution is -2.41. The zero-order valence-corrected chi connectivity index (χ0v) is 10.6. The van der Waals surface area contributed by atoms with Crippen molar-refractivity contribution in [2.45, 2.75) is 26.7 Å². The van der Waals surface area contributed by atoms with E-state index in [1.54, 1.807) is 13.8 Å². The maximum absolute atomic E-state index is 11.6. The molecular formula is C10H19NO4S. The van der Waals surface area contributed by atoms with Gasteiger partial charge in [-0.1, -0.05) is 0 Å². The third-order valence-electron chi connectivity index (χ3n) is 2.83. The van der Waals surface area contributed by atoms with E-state index < -0.39 is 10.0 Å². The van der Waals surface area contributed by atoms with Crippen molar-refractivity contribution >= 4 is 16.0 Å². The van der Waals surface area contributed by atoms with Gasteiger partial charge in [-0.2, -0.15) is 0 Å². The maximum atomic E-state index is 11.6. The summed E-state index contributed by atoms with van der Waals surface area (Å²) in [5, 5.41) is 0. The summed E-state index contributed by atoms with van der Waals surface area (Å²) in [7, 11) is -3.10. The largest absolute Gasteiger partial charge is 0.466 e. The highest BCUT2D eigenvalue weighted by Crippen LogP contribution is 2.20. The van der Waals surface area contributed by atoms with Crippen LogP contribution in [0.1, 0.15) is 26.7 Å². The van der Waals surface area contributed by atoms with Crippen molar-refractivity contribution < 1.29 is 17.9 Å². The number of esters is 1. The molecule has 6 heteroatoms.